The maximum atomic E-state index is 5.49. The number of hydrogen-bond acceptors (Lipinski definition) is 3. The van der Waals surface area contributed by atoms with Gasteiger partial charge in [-0.2, -0.15) is 0 Å². The van der Waals surface area contributed by atoms with E-state index >= 15 is 0 Å². The Morgan fingerprint density at radius 1 is 1.33 bits per heavy atom. The summed E-state index contributed by atoms with van der Waals surface area (Å²) in [5.41, 5.74) is 7.24. The molecule has 0 spiro atoms. The molecule has 0 aliphatic carbocycles. The Morgan fingerprint density at radius 2 is 2.07 bits per heavy atom. The van der Waals surface area contributed by atoms with E-state index in [2.05, 4.69) is 5.92 Å². The Morgan fingerprint density at radius 3 is 2.53 bits per heavy atom. The van der Waals surface area contributed by atoms with Crippen LogP contribution in [0.4, 0.5) is 0 Å². The van der Waals surface area contributed by atoms with Gasteiger partial charge in [-0.25, -0.2) is 0 Å². The quantitative estimate of drug-likeness (QED) is 0.751. The maximum Gasteiger partial charge on any atom is 0.176 e. The Kier molecular flexibility index (Phi) is 4.02. The summed E-state index contributed by atoms with van der Waals surface area (Å²) >= 11 is 0. The van der Waals surface area contributed by atoms with Gasteiger partial charge in [-0.3, -0.25) is 0 Å². The van der Waals surface area contributed by atoms with Crippen LogP contribution in [0.15, 0.2) is 12.1 Å². The monoisotopic (exact) mass is 205 g/mol. The van der Waals surface area contributed by atoms with Crippen molar-refractivity contribution in [2.45, 2.75) is 6.42 Å². The van der Waals surface area contributed by atoms with Gasteiger partial charge in [0.15, 0.2) is 11.5 Å². The van der Waals surface area contributed by atoms with E-state index in [0.29, 0.717) is 23.6 Å². The molecule has 3 heteroatoms. The zero-order valence-corrected chi connectivity index (χ0v) is 9.04. The predicted octanol–water partition coefficient (Wildman–Crippen LogP) is 1.19. The van der Waals surface area contributed by atoms with Crippen molar-refractivity contribution in [3.8, 4) is 23.8 Å². The lowest BCUT2D eigenvalue weighted by Crippen LogP contribution is -2.04. The first kappa shape index (κ1) is 11.4. The Labute approximate surface area is 90.2 Å². The van der Waals surface area contributed by atoms with E-state index in [1.807, 2.05) is 12.1 Å². The summed E-state index contributed by atoms with van der Waals surface area (Å²) in [5.74, 6) is 3.82. The number of benzene rings is 1. The third kappa shape index (κ3) is 2.42. The van der Waals surface area contributed by atoms with Gasteiger partial charge in [-0.05, 0) is 30.7 Å². The molecule has 0 atom stereocenters. The van der Waals surface area contributed by atoms with Gasteiger partial charge in [-0.15, -0.1) is 6.42 Å². The molecule has 0 unspecified atom stereocenters. The fourth-order valence-electron chi connectivity index (χ4n) is 1.44. The minimum Gasteiger partial charge on any atom is -0.493 e. The van der Waals surface area contributed by atoms with E-state index in [1.54, 1.807) is 14.2 Å². The van der Waals surface area contributed by atoms with Gasteiger partial charge < -0.3 is 15.2 Å². The molecule has 0 heterocycles. The van der Waals surface area contributed by atoms with Crippen molar-refractivity contribution in [2.75, 3.05) is 20.8 Å². The summed E-state index contributed by atoms with van der Waals surface area (Å²) < 4.78 is 10.4. The highest BCUT2D eigenvalue weighted by atomic mass is 16.5. The number of nitrogens with two attached hydrogens (primary N) is 1. The van der Waals surface area contributed by atoms with Gasteiger partial charge in [0.2, 0.25) is 0 Å². The third-order valence-electron chi connectivity index (χ3n) is 2.13. The molecule has 0 aliphatic rings. The van der Waals surface area contributed by atoms with E-state index in [4.69, 9.17) is 21.6 Å². The zero-order valence-electron chi connectivity index (χ0n) is 9.04. The highest BCUT2D eigenvalue weighted by molar-refractivity contribution is 5.55. The Bertz CT molecular complexity index is 380. The summed E-state index contributed by atoms with van der Waals surface area (Å²) in [6, 6.07) is 3.79. The second kappa shape index (κ2) is 5.28. The number of terminal acetylenes is 1. The molecule has 0 aliphatic heterocycles. The highest BCUT2D eigenvalue weighted by Crippen LogP contribution is 2.32. The van der Waals surface area contributed by atoms with E-state index in [1.165, 1.54) is 0 Å². The molecule has 1 aromatic carbocycles. The second-order valence-electron chi connectivity index (χ2n) is 3.06. The number of methoxy groups -OCH3 is 2. The van der Waals surface area contributed by atoms with Crippen molar-refractivity contribution < 1.29 is 9.47 Å². The van der Waals surface area contributed by atoms with Crippen LogP contribution in [0, 0.1) is 12.3 Å². The van der Waals surface area contributed by atoms with Crippen molar-refractivity contribution in [3.05, 3.63) is 23.3 Å². The summed E-state index contributed by atoms with van der Waals surface area (Å²) in [5, 5.41) is 0. The third-order valence-corrected chi connectivity index (χ3v) is 2.13. The van der Waals surface area contributed by atoms with Crippen molar-refractivity contribution in [3.63, 3.8) is 0 Å². The van der Waals surface area contributed by atoms with Crippen LogP contribution in [-0.2, 0) is 6.42 Å². The lowest BCUT2D eigenvalue weighted by molar-refractivity contribution is 0.353. The summed E-state index contributed by atoms with van der Waals surface area (Å²) in [7, 11) is 3.16. The van der Waals surface area contributed by atoms with Crippen molar-refractivity contribution in [1.82, 2.24) is 0 Å². The number of rotatable bonds is 4. The molecule has 1 aromatic rings. The maximum absolute atomic E-state index is 5.49. The van der Waals surface area contributed by atoms with Crippen LogP contribution in [0.25, 0.3) is 0 Å². The lowest BCUT2D eigenvalue weighted by Gasteiger charge is -2.11. The fourth-order valence-corrected chi connectivity index (χ4v) is 1.44. The Balaban J connectivity index is 3.24. The van der Waals surface area contributed by atoms with Crippen LogP contribution in [0.5, 0.6) is 11.5 Å². The van der Waals surface area contributed by atoms with Crippen molar-refractivity contribution in [1.29, 1.82) is 0 Å². The van der Waals surface area contributed by atoms with Crippen LogP contribution in [0.2, 0.25) is 0 Å². The van der Waals surface area contributed by atoms with Gasteiger partial charge in [0, 0.05) is 0 Å². The van der Waals surface area contributed by atoms with Crippen LogP contribution in [0.3, 0.4) is 0 Å². The largest absolute Gasteiger partial charge is 0.493 e. The minimum atomic E-state index is 0.583. The normalized spacial score (nSPS) is 9.47. The Hall–Kier alpha value is -1.66. The molecule has 15 heavy (non-hydrogen) atoms. The van der Waals surface area contributed by atoms with Gasteiger partial charge in [0.05, 0.1) is 19.8 Å². The molecule has 0 saturated heterocycles. The minimum absolute atomic E-state index is 0.583. The molecule has 0 fully saturated rings. The smallest absolute Gasteiger partial charge is 0.176 e. The molecule has 0 bridgehead atoms. The summed E-state index contributed by atoms with van der Waals surface area (Å²) in [6.45, 7) is 0.583. The molecule has 0 saturated carbocycles. The zero-order chi connectivity index (χ0) is 11.3. The first-order valence-corrected chi connectivity index (χ1v) is 4.68. The molecule has 0 amide bonds. The second-order valence-corrected chi connectivity index (χ2v) is 3.06. The molecule has 2 N–H and O–H groups in total. The number of ether oxygens (including phenoxy) is 2. The van der Waals surface area contributed by atoms with E-state index in [-0.39, 0.29) is 0 Å². The van der Waals surface area contributed by atoms with Crippen LogP contribution in [-0.4, -0.2) is 20.8 Å². The summed E-state index contributed by atoms with van der Waals surface area (Å²) in [4.78, 5) is 0. The first-order valence-electron chi connectivity index (χ1n) is 4.68. The molecule has 80 valence electrons. The topological polar surface area (TPSA) is 44.5 Å². The SMILES string of the molecule is C#Cc1cc(CCN)cc(OC)c1OC. The lowest BCUT2D eigenvalue weighted by atomic mass is 10.1. The number of hydrogen-bond donors (Lipinski definition) is 1. The average Bonchev–Trinajstić information content (AvgIpc) is 2.28. The van der Waals surface area contributed by atoms with Crippen LogP contribution < -0.4 is 15.2 Å². The van der Waals surface area contributed by atoms with E-state index < -0.39 is 0 Å². The van der Waals surface area contributed by atoms with E-state index in [0.717, 1.165) is 12.0 Å². The van der Waals surface area contributed by atoms with Crippen LogP contribution >= 0.6 is 0 Å². The summed E-state index contributed by atoms with van der Waals surface area (Å²) in [6.07, 6.45) is 6.17. The molecule has 3 nitrogen and oxygen atoms in total. The molecule has 0 aromatic heterocycles. The molecular weight excluding hydrogens is 190 g/mol. The van der Waals surface area contributed by atoms with Gasteiger partial charge >= 0.3 is 0 Å². The molecular formula is C12H15NO2. The average molecular weight is 205 g/mol. The van der Waals surface area contributed by atoms with Crippen molar-refractivity contribution >= 4 is 0 Å². The standard InChI is InChI=1S/C12H15NO2/c1-4-10-7-9(5-6-13)8-11(14-2)12(10)15-3/h1,7-8H,5-6,13H2,2-3H3. The van der Waals surface area contributed by atoms with Gasteiger partial charge in [-0.1, -0.05) is 5.92 Å². The predicted molar refractivity (Wildman–Crippen MR) is 60.2 cm³/mol. The van der Waals surface area contributed by atoms with Crippen molar-refractivity contribution in [2.24, 2.45) is 5.73 Å². The fraction of sp³-hybridized carbons (Fsp3) is 0.333. The molecule has 1 rings (SSSR count). The van der Waals surface area contributed by atoms with Gasteiger partial charge in [0.25, 0.3) is 0 Å². The first-order chi connectivity index (χ1) is 7.26. The van der Waals surface area contributed by atoms with Gasteiger partial charge in [0.1, 0.15) is 0 Å². The molecule has 0 radical (unpaired) electrons. The van der Waals surface area contributed by atoms with E-state index in [9.17, 15) is 0 Å². The van der Waals surface area contributed by atoms with Crippen LogP contribution in [0.1, 0.15) is 11.1 Å². The highest BCUT2D eigenvalue weighted by Gasteiger charge is 2.10.